The number of carbonyl (C=O) groups is 2. The third-order valence-corrected chi connectivity index (χ3v) is 5.60. The molecule has 1 heterocycles. The van der Waals surface area contributed by atoms with Crippen molar-refractivity contribution in [1.29, 1.82) is 0 Å². The summed E-state index contributed by atoms with van der Waals surface area (Å²) in [6.45, 7) is 15.0. The predicted molar refractivity (Wildman–Crippen MR) is 115 cm³/mol. The Kier molecular flexibility index (Phi) is 6.94. The molecule has 1 aliphatic heterocycles. The number of ether oxygens (including phenoxy) is 2. The number of methoxy groups -OCH3 is 1. The number of hydrogen-bond donors (Lipinski definition) is 1. The van der Waals surface area contributed by atoms with Crippen LogP contribution in [-0.4, -0.2) is 49.1 Å². The van der Waals surface area contributed by atoms with Crippen molar-refractivity contribution in [2.75, 3.05) is 7.11 Å². The standard InChI is InChI=1S/C22H34BNO6/c1-14-12-10-11-13-15(14)16(23-29-21(5,6)22(7,8)30-23)17(18(25)27-9)24-19(26)28-20(2,3)4/h10-13,16-17H,1-9H3,(H,24,26)/t16-,17-/m1/s1. The number of hydrogen-bond acceptors (Lipinski definition) is 6. The van der Waals surface area contributed by atoms with Crippen molar-refractivity contribution < 1.29 is 28.4 Å². The van der Waals surface area contributed by atoms with Gasteiger partial charge in [-0.15, -0.1) is 0 Å². The molecule has 1 saturated heterocycles. The van der Waals surface area contributed by atoms with Gasteiger partial charge in [0.15, 0.2) is 0 Å². The maximum atomic E-state index is 12.8. The molecular weight excluding hydrogens is 385 g/mol. The Labute approximate surface area is 179 Å². The number of nitrogens with one attached hydrogen (secondary N) is 1. The van der Waals surface area contributed by atoms with E-state index < -0.39 is 47.8 Å². The van der Waals surface area contributed by atoms with E-state index >= 15 is 0 Å². The Hall–Kier alpha value is -2.06. The molecule has 2 rings (SSSR count). The summed E-state index contributed by atoms with van der Waals surface area (Å²) in [6.07, 6.45) is -0.715. The summed E-state index contributed by atoms with van der Waals surface area (Å²) in [4.78, 5) is 25.4. The lowest BCUT2D eigenvalue weighted by Crippen LogP contribution is -2.52. The fourth-order valence-corrected chi connectivity index (χ4v) is 3.34. The minimum atomic E-state index is -1.07. The SMILES string of the molecule is COC(=O)[C@H](NC(=O)OC(C)(C)C)[C@H](B1OC(C)(C)C(C)(C)O1)c1ccccc1C. The Morgan fingerprint density at radius 2 is 1.60 bits per heavy atom. The van der Waals surface area contributed by atoms with Crippen LogP contribution < -0.4 is 5.32 Å². The van der Waals surface area contributed by atoms with Crippen LogP contribution in [0.1, 0.15) is 65.4 Å². The number of benzene rings is 1. The van der Waals surface area contributed by atoms with Crippen molar-refractivity contribution in [3.8, 4) is 0 Å². The zero-order valence-corrected chi connectivity index (χ0v) is 19.5. The first kappa shape index (κ1) is 24.2. The molecule has 0 aromatic heterocycles. The van der Waals surface area contributed by atoms with Crippen molar-refractivity contribution in [2.24, 2.45) is 0 Å². The van der Waals surface area contributed by atoms with Gasteiger partial charge in [-0.2, -0.15) is 0 Å². The largest absolute Gasteiger partial charge is 0.468 e. The van der Waals surface area contributed by atoms with E-state index in [1.165, 1.54) is 7.11 Å². The fourth-order valence-electron chi connectivity index (χ4n) is 3.34. The van der Waals surface area contributed by atoms with E-state index in [0.29, 0.717) is 0 Å². The van der Waals surface area contributed by atoms with Crippen LogP contribution in [0.2, 0.25) is 0 Å². The second kappa shape index (κ2) is 8.59. The molecular formula is C22H34BNO6. The van der Waals surface area contributed by atoms with Gasteiger partial charge in [0.25, 0.3) is 0 Å². The lowest BCUT2D eigenvalue weighted by Gasteiger charge is -2.32. The molecule has 7 nitrogen and oxygen atoms in total. The van der Waals surface area contributed by atoms with Gasteiger partial charge in [0.05, 0.1) is 24.1 Å². The maximum absolute atomic E-state index is 12.8. The van der Waals surface area contributed by atoms with Crippen molar-refractivity contribution in [1.82, 2.24) is 5.32 Å². The van der Waals surface area contributed by atoms with Gasteiger partial charge < -0.3 is 24.1 Å². The number of carbonyl (C=O) groups excluding carboxylic acids is 2. The number of alkyl carbamates (subject to hydrolysis) is 1. The van der Waals surface area contributed by atoms with Crippen LogP contribution in [0.5, 0.6) is 0 Å². The summed E-state index contributed by atoms with van der Waals surface area (Å²) in [5, 5.41) is 2.69. The lowest BCUT2D eigenvalue weighted by molar-refractivity contribution is -0.143. The Morgan fingerprint density at radius 1 is 1.07 bits per heavy atom. The number of aryl methyl sites for hydroxylation is 1. The quantitative estimate of drug-likeness (QED) is 0.578. The smallest absolute Gasteiger partial charge is 0.467 e. The third-order valence-electron chi connectivity index (χ3n) is 5.60. The first-order valence-electron chi connectivity index (χ1n) is 10.2. The van der Waals surface area contributed by atoms with Crippen LogP contribution in [-0.2, 0) is 23.6 Å². The monoisotopic (exact) mass is 419 g/mol. The van der Waals surface area contributed by atoms with Crippen LogP contribution in [0, 0.1) is 6.92 Å². The molecule has 0 saturated carbocycles. The van der Waals surface area contributed by atoms with E-state index in [0.717, 1.165) is 11.1 Å². The molecule has 2 atom stereocenters. The number of esters is 1. The molecule has 0 radical (unpaired) electrons. The second-order valence-corrected chi connectivity index (χ2v) is 9.65. The summed E-state index contributed by atoms with van der Waals surface area (Å²) in [6, 6.07) is 6.56. The van der Waals surface area contributed by atoms with Crippen molar-refractivity contribution in [3.63, 3.8) is 0 Å². The highest BCUT2D eigenvalue weighted by molar-refractivity contribution is 6.48. The van der Waals surface area contributed by atoms with Crippen LogP contribution >= 0.6 is 0 Å². The fraction of sp³-hybridized carbons (Fsp3) is 0.636. The Balaban J connectivity index is 2.51. The van der Waals surface area contributed by atoms with Crippen LogP contribution in [0.15, 0.2) is 24.3 Å². The normalized spacial score (nSPS) is 19.7. The summed E-state index contributed by atoms with van der Waals surface area (Å²) in [5.41, 5.74) is -0.163. The molecule has 1 fully saturated rings. The average Bonchev–Trinajstić information content (AvgIpc) is 2.81. The molecule has 30 heavy (non-hydrogen) atoms. The topological polar surface area (TPSA) is 83.1 Å². The predicted octanol–water partition coefficient (Wildman–Crippen LogP) is 3.78. The molecule has 0 unspecified atom stereocenters. The zero-order valence-electron chi connectivity index (χ0n) is 19.5. The molecule has 1 amide bonds. The minimum absolute atomic E-state index is 0.606. The third kappa shape index (κ3) is 5.35. The summed E-state index contributed by atoms with van der Waals surface area (Å²) in [7, 11) is 0.501. The minimum Gasteiger partial charge on any atom is -0.467 e. The summed E-state index contributed by atoms with van der Waals surface area (Å²) >= 11 is 0. The van der Waals surface area contributed by atoms with Crippen LogP contribution in [0.4, 0.5) is 4.79 Å². The van der Waals surface area contributed by atoms with Crippen LogP contribution in [0.25, 0.3) is 0 Å². The molecule has 1 N–H and O–H groups in total. The highest BCUT2D eigenvalue weighted by Crippen LogP contribution is 2.42. The molecule has 0 spiro atoms. The van der Waals surface area contributed by atoms with Crippen molar-refractivity contribution in [3.05, 3.63) is 35.4 Å². The van der Waals surface area contributed by atoms with Gasteiger partial charge in [-0.3, -0.25) is 0 Å². The summed E-state index contributed by atoms with van der Waals surface area (Å²) < 4.78 is 23.0. The van der Waals surface area contributed by atoms with Gasteiger partial charge in [-0.25, -0.2) is 9.59 Å². The maximum Gasteiger partial charge on any atom is 0.468 e. The van der Waals surface area contributed by atoms with Gasteiger partial charge in [-0.05, 0) is 66.5 Å². The Bertz CT molecular complexity index is 770. The van der Waals surface area contributed by atoms with E-state index in [4.69, 9.17) is 18.8 Å². The van der Waals surface area contributed by atoms with Gasteiger partial charge >= 0.3 is 19.2 Å². The number of rotatable bonds is 5. The molecule has 166 valence electrons. The molecule has 1 aromatic rings. The molecule has 1 aromatic carbocycles. The van der Waals surface area contributed by atoms with Gasteiger partial charge in [0.1, 0.15) is 11.6 Å². The Morgan fingerprint density at radius 3 is 2.07 bits per heavy atom. The first-order chi connectivity index (χ1) is 13.7. The molecule has 0 bridgehead atoms. The van der Waals surface area contributed by atoms with E-state index in [-0.39, 0.29) is 0 Å². The van der Waals surface area contributed by atoms with E-state index in [9.17, 15) is 9.59 Å². The van der Waals surface area contributed by atoms with Crippen molar-refractivity contribution >= 4 is 19.2 Å². The second-order valence-electron chi connectivity index (χ2n) is 9.65. The van der Waals surface area contributed by atoms with Crippen LogP contribution in [0.3, 0.4) is 0 Å². The van der Waals surface area contributed by atoms with Crippen molar-refractivity contribution in [2.45, 2.75) is 84.1 Å². The summed E-state index contributed by atoms with van der Waals surface area (Å²) in [5.74, 6) is -1.25. The van der Waals surface area contributed by atoms with E-state index in [1.54, 1.807) is 20.8 Å². The van der Waals surface area contributed by atoms with Gasteiger partial charge in [0.2, 0.25) is 0 Å². The lowest BCUT2D eigenvalue weighted by atomic mass is 9.63. The molecule has 0 aliphatic carbocycles. The molecule has 8 heteroatoms. The van der Waals surface area contributed by atoms with Gasteiger partial charge in [0, 0.05) is 0 Å². The molecule has 1 aliphatic rings. The van der Waals surface area contributed by atoms with E-state index in [1.807, 2.05) is 58.9 Å². The zero-order chi connectivity index (χ0) is 22.9. The first-order valence-corrected chi connectivity index (χ1v) is 10.2. The average molecular weight is 419 g/mol. The highest BCUT2D eigenvalue weighted by Gasteiger charge is 2.57. The number of amides is 1. The van der Waals surface area contributed by atoms with E-state index in [2.05, 4.69) is 5.32 Å². The van der Waals surface area contributed by atoms with Gasteiger partial charge in [-0.1, -0.05) is 24.3 Å². The highest BCUT2D eigenvalue weighted by atomic mass is 16.7.